The summed E-state index contributed by atoms with van der Waals surface area (Å²) in [4.78, 5) is 66.6. The number of rotatable bonds is 17. The zero-order valence-corrected chi connectivity index (χ0v) is 42.8. The molecule has 3 saturated heterocycles. The molecule has 0 spiro atoms. The molecule has 3 fully saturated rings. The van der Waals surface area contributed by atoms with Crippen LogP contribution in [0.4, 0.5) is 0 Å². The Bertz CT molecular complexity index is 1740. The molecule has 0 aromatic heterocycles. The van der Waals surface area contributed by atoms with E-state index in [1.807, 2.05) is 38.9 Å². The Morgan fingerprint density at radius 1 is 0.941 bits per heavy atom. The van der Waals surface area contributed by atoms with E-state index in [0.29, 0.717) is 25.9 Å². The lowest BCUT2D eigenvalue weighted by atomic mass is 9.71. The number of aldehydes is 1. The van der Waals surface area contributed by atoms with Crippen molar-refractivity contribution in [1.29, 1.82) is 0 Å². The Morgan fingerprint density at radius 3 is 2.22 bits per heavy atom. The van der Waals surface area contributed by atoms with Gasteiger partial charge in [0.15, 0.2) is 18.0 Å². The van der Waals surface area contributed by atoms with Crippen LogP contribution in [0.15, 0.2) is 30.3 Å². The average molecular weight is 962 g/mol. The summed E-state index contributed by atoms with van der Waals surface area (Å²) in [6.07, 6.45) is -4.54. The normalized spacial score (nSPS) is 34.8. The molecule has 1 aromatic rings. The van der Waals surface area contributed by atoms with Crippen molar-refractivity contribution in [1.82, 2.24) is 14.9 Å². The highest BCUT2D eigenvalue weighted by atomic mass is 16.7. The van der Waals surface area contributed by atoms with Crippen LogP contribution in [0.3, 0.4) is 0 Å². The molecular formula is C51H83N3O14. The number of aliphatic hydroxyl groups excluding tert-OH is 1. The maximum atomic E-state index is 13.9. The first-order chi connectivity index (χ1) is 32.2. The molecule has 0 bridgehead atoms. The van der Waals surface area contributed by atoms with Gasteiger partial charge >= 0.3 is 23.9 Å². The second kappa shape index (κ2) is 27.2. The maximum Gasteiger partial charge on any atom is 0.309 e. The van der Waals surface area contributed by atoms with Gasteiger partial charge in [0.25, 0.3) is 0 Å². The van der Waals surface area contributed by atoms with Gasteiger partial charge in [-0.2, -0.15) is 0 Å². The predicted molar refractivity (Wildman–Crippen MR) is 253 cm³/mol. The van der Waals surface area contributed by atoms with Crippen molar-refractivity contribution in [2.24, 2.45) is 17.8 Å². The van der Waals surface area contributed by atoms with Gasteiger partial charge in [-0.1, -0.05) is 51.1 Å². The third kappa shape index (κ3) is 16.0. The maximum absolute atomic E-state index is 13.9. The van der Waals surface area contributed by atoms with Crippen LogP contribution >= 0.6 is 0 Å². The highest BCUT2D eigenvalue weighted by molar-refractivity contribution is 5.73. The summed E-state index contributed by atoms with van der Waals surface area (Å²) in [5.74, 6) is -3.33. The number of carbonyl (C=O) groups is 5. The molecular weight excluding hydrogens is 879 g/mol. The molecule has 1 N–H and O–H groups in total. The molecule has 0 saturated carbocycles. The van der Waals surface area contributed by atoms with Crippen LogP contribution < -0.4 is 0 Å². The van der Waals surface area contributed by atoms with Crippen molar-refractivity contribution < 1.29 is 67.0 Å². The number of hydrogen-bond donors (Lipinski definition) is 1. The number of cyclic esters (lactones) is 1. The van der Waals surface area contributed by atoms with E-state index in [1.54, 1.807) is 27.7 Å². The molecule has 386 valence electrons. The quantitative estimate of drug-likeness (QED) is 0.120. The van der Waals surface area contributed by atoms with Crippen LogP contribution in [0.2, 0.25) is 0 Å². The fraction of sp³-hybridized carbons (Fsp3) is 0.784. The molecule has 17 nitrogen and oxygen atoms in total. The van der Waals surface area contributed by atoms with Crippen LogP contribution in [0, 0.1) is 17.8 Å². The number of nitrogens with zero attached hydrogens (tertiary/aromatic N) is 3. The second-order valence-electron chi connectivity index (χ2n) is 19.7. The molecule has 0 unspecified atom stereocenters. The third-order valence-corrected chi connectivity index (χ3v) is 13.9. The molecule has 3 heterocycles. The van der Waals surface area contributed by atoms with E-state index in [2.05, 4.69) is 48.3 Å². The van der Waals surface area contributed by atoms with E-state index in [4.69, 9.17) is 37.9 Å². The number of ether oxygens (including phenoxy) is 8. The van der Waals surface area contributed by atoms with Crippen LogP contribution in [0.1, 0.15) is 119 Å². The number of methoxy groups -OCH3 is 1. The number of esters is 4. The summed E-state index contributed by atoms with van der Waals surface area (Å²) >= 11 is 0. The summed E-state index contributed by atoms with van der Waals surface area (Å²) < 4.78 is 49.8. The van der Waals surface area contributed by atoms with E-state index in [-0.39, 0.29) is 38.0 Å². The van der Waals surface area contributed by atoms with Gasteiger partial charge in [-0.15, -0.1) is 0 Å². The lowest BCUT2D eigenvalue weighted by Crippen LogP contribution is -2.67. The minimum absolute atomic E-state index is 0.00917. The second-order valence-corrected chi connectivity index (χ2v) is 19.7. The Labute approximate surface area is 405 Å². The molecule has 68 heavy (non-hydrogen) atoms. The molecule has 0 aliphatic carbocycles. The van der Waals surface area contributed by atoms with Gasteiger partial charge in [0.05, 0.1) is 36.9 Å². The van der Waals surface area contributed by atoms with Crippen molar-refractivity contribution in [2.75, 3.05) is 47.9 Å². The largest absolute Gasteiger partial charge is 0.463 e. The summed E-state index contributed by atoms with van der Waals surface area (Å²) in [6.45, 7) is 16.1. The standard InChI is InChI=1S/C51H83N3O14/c1-13-40(57)65-39-30-42(59)62-33(4)23-27-54(53(11)25-18-21-37-19-16-15-17-20-37)26-22-32(3)29-38(24-28-55)44(48(39)61-12)49-46(60)45(52(9)10)47(34(5)64-49)67-43-31-51(8,68-36(7)56)50(35(6)63-43)66-41(58)14-2/h15-17,19-20,28,32-35,38-39,43-50,60H,13-14,18,21-27,29-31H2,1-12H3/t32-,33+,34+,35-,38-,39+,43-,44-,45+,46+,47+,48+,49-,50-,51+/m0/s1. The van der Waals surface area contributed by atoms with E-state index in [0.717, 1.165) is 32.1 Å². The van der Waals surface area contributed by atoms with Crippen LogP contribution in [-0.4, -0.2) is 171 Å². The lowest BCUT2D eigenvalue weighted by molar-refractivity contribution is -0.319. The smallest absolute Gasteiger partial charge is 0.309 e. The monoisotopic (exact) mass is 962 g/mol. The molecule has 0 radical (unpaired) electrons. The number of hydrazine groups is 1. The van der Waals surface area contributed by atoms with Crippen molar-refractivity contribution in [2.45, 2.75) is 192 Å². The highest BCUT2D eigenvalue weighted by Crippen LogP contribution is 2.43. The lowest BCUT2D eigenvalue weighted by Gasteiger charge is -2.53. The van der Waals surface area contributed by atoms with Crippen LogP contribution in [-0.2, 0) is 68.3 Å². The van der Waals surface area contributed by atoms with Gasteiger partial charge in [0.2, 0.25) is 0 Å². The number of aryl methyl sites for hydroxylation is 1. The molecule has 1 aromatic carbocycles. The average Bonchev–Trinajstić information content (AvgIpc) is 3.27. The molecule has 4 rings (SSSR count). The van der Waals surface area contributed by atoms with Crippen LogP contribution in [0.25, 0.3) is 0 Å². The van der Waals surface area contributed by atoms with E-state index >= 15 is 0 Å². The van der Waals surface area contributed by atoms with E-state index in [1.165, 1.54) is 19.6 Å². The van der Waals surface area contributed by atoms with Crippen molar-refractivity contribution in [3.8, 4) is 0 Å². The topological polar surface area (TPSA) is 189 Å². The summed E-state index contributed by atoms with van der Waals surface area (Å²) in [6, 6.07) is 9.66. The zero-order valence-electron chi connectivity index (χ0n) is 42.8. The fourth-order valence-electron chi connectivity index (χ4n) is 10.5. The minimum atomic E-state index is -1.31. The van der Waals surface area contributed by atoms with Gasteiger partial charge in [0, 0.05) is 72.3 Å². The Hall–Kier alpha value is -3.55. The first-order valence-electron chi connectivity index (χ1n) is 24.8. The Balaban J connectivity index is 1.71. The van der Waals surface area contributed by atoms with Gasteiger partial charge in [-0.05, 0) is 91.3 Å². The summed E-state index contributed by atoms with van der Waals surface area (Å²) in [5, 5.41) is 17.3. The fourth-order valence-corrected chi connectivity index (χ4v) is 10.5. The van der Waals surface area contributed by atoms with Gasteiger partial charge in [-0.25, -0.2) is 10.0 Å². The minimum Gasteiger partial charge on any atom is -0.463 e. The van der Waals surface area contributed by atoms with Crippen LogP contribution in [0.5, 0.6) is 0 Å². The Kier molecular flexibility index (Phi) is 22.8. The Morgan fingerprint density at radius 2 is 1.60 bits per heavy atom. The third-order valence-electron chi connectivity index (χ3n) is 13.9. The molecule has 15 atom stereocenters. The number of likely N-dealkylation sites (N-methyl/N-ethyl adjacent to an activating group) is 1. The summed E-state index contributed by atoms with van der Waals surface area (Å²) in [5.41, 5.74) is -0.0236. The zero-order chi connectivity index (χ0) is 50.3. The van der Waals surface area contributed by atoms with Crippen molar-refractivity contribution in [3.05, 3.63) is 35.9 Å². The van der Waals surface area contributed by atoms with E-state index in [9.17, 15) is 29.1 Å². The number of hydrogen-bond acceptors (Lipinski definition) is 17. The van der Waals surface area contributed by atoms with Gasteiger partial charge < -0.3 is 52.7 Å². The van der Waals surface area contributed by atoms with Crippen molar-refractivity contribution in [3.63, 3.8) is 0 Å². The molecule has 3 aliphatic heterocycles. The van der Waals surface area contributed by atoms with Gasteiger partial charge in [-0.3, -0.25) is 19.2 Å². The molecule has 0 amide bonds. The highest BCUT2D eigenvalue weighted by Gasteiger charge is 2.56. The van der Waals surface area contributed by atoms with E-state index < -0.39 is 109 Å². The first-order valence-corrected chi connectivity index (χ1v) is 24.8. The summed E-state index contributed by atoms with van der Waals surface area (Å²) in [7, 11) is 7.19. The number of benzene rings is 1. The predicted octanol–water partition coefficient (Wildman–Crippen LogP) is 5.31. The first kappa shape index (κ1) is 57.0. The molecule has 17 heteroatoms. The molecule has 3 aliphatic rings. The number of aliphatic hydroxyl groups is 1. The van der Waals surface area contributed by atoms with Gasteiger partial charge in [0.1, 0.15) is 30.7 Å². The SMILES string of the molecule is CCC(=O)O[C@@H]1CC(=O)O[C@H](C)CCN(N(C)CCCc2ccccc2)CC[C@H](C)C[C@H](CC=O)[C@H]([C@@H]2O[C@H](C)[C@@H](O[C@H]3C[C@@](C)(OC(C)=O)[C@@H](OC(=O)CC)[C@H](C)O3)[C@H](N(C)C)[C@H]2O)[C@@H]1OC. The van der Waals surface area contributed by atoms with Crippen molar-refractivity contribution >= 4 is 30.2 Å². The number of carbonyl (C=O) groups excluding carboxylic acids is 5.